The first-order valence-electron chi connectivity index (χ1n) is 7.56. The maximum Gasteiger partial charge on any atom is 0.244 e. The van der Waals surface area contributed by atoms with Crippen LogP contribution in [0.2, 0.25) is 0 Å². The number of rotatable bonds is 8. The average Bonchev–Trinajstić information content (AvgIpc) is 2.44. The fraction of sp³-hybridized carbons (Fsp3) is 0.562. The van der Waals surface area contributed by atoms with Crippen molar-refractivity contribution < 1.29 is 17.9 Å². The summed E-state index contributed by atoms with van der Waals surface area (Å²) in [5.74, 6) is -0.331. The smallest absolute Gasteiger partial charge is 0.244 e. The number of amides is 1. The van der Waals surface area contributed by atoms with Gasteiger partial charge in [0.25, 0.3) is 0 Å². The van der Waals surface area contributed by atoms with Gasteiger partial charge in [-0.3, -0.25) is 9.10 Å². The number of anilines is 1. The molecule has 1 amide bonds. The van der Waals surface area contributed by atoms with E-state index in [1.807, 2.05) is 26.0 Å². The van der Waals surface area contributed by atoms with Crippen molar-refractivity contribution in [3.8, 4) is 0 Å². The maximum atomic E-state index is 12.5. The number of carbonyl (C=O) groups excluding carboxylic acids is 1. The van der Waals surface area contributed by atoms with Gasteiger partial charge in [-0.2, -0.15) is 0 Å². The molecule has 0 radical (unpaired) electrons. The van der Waals surface area contributed by atoms with Crippen LogP contribution in [0.15, 0.2) is 24.3 Å². The lowest BCUT2D eigenvalue weighted by atomic mass is 10.1. The molecule has 1 aromatic carbocycles. The van der Waals surface area contributed by atoms with Gasteiger partial charge in [0.2, 0.25) is 15.9 Å². The molecule has 7 heteroatoms. The van der Waals surface area contributed by atoms with Gasteiger partial charge in [0, 0.05) is 13.2 Å². The van der Waals surface area contributed by atoms with Gasteiger partial charge in [0.1, 0.15) is 6.04 Å². The highest BCUT2D eigenvalue weighted by Gasteiger charge is 2.31. The fourth-order valence-corrected chi connectivity index (χ4v) is 3.59. The summed E-state index contributed by atoms with van der Waals surface area (Å²) in [7, 11) is -2.04. The number of hydrogen-bond donors (Lipinski definition) is 1. The Hall–Kier alpha value is -1.60. The molecule has 0 fully saturated rings. The highest BCUT2D eigenvalue weighted by molar-refractivity contribution is 7.92. The van der Waals surface area contributed by atoms with E-state index in [1.54, 1.807) is 26.2 Å². The van der Waals surface area contributed by atoms with Gasteiger partial charge in [-0.25, -0.2) is 8.42 Å². The number of nitrogens with zero attached hydrogens (tertiary/aromatic N) is 1. The zero-order chi connectivity index (χ0) is 17.6. The minimum Gasteiger partial charge on any atom is -0.383 e. The van der Waals surface area contributed by atoms with E-state index in [-0.39, 0.29) is 11.9 Å². The molecule has 6 nitrogen and oxygen atoms in total. The van der Waals surface area contributed by atoms with Crippen LogP contribution < -0.4 is 9.62 Å². The highest BCUT2D eigenvalue weighted by Crippen LogP contribution is 2.23. The zero-order valence-electron chi connectivity index (χ0n) is 14.4. The lowest BCUT2D eigenvalue weighted by molar-refractivity contribution is -0.123. The van der Waals surface area contributed by atoms with Crippen molar-refractivity contribution in [3.63, 3.8) is 0 Å². The SMILES string of the molecule is CCC(C(=O)NC(C)COC)N(c1ccc(C)cc1)S(C)(=O)=O. The minimum absolute atomic E-state index is 0.194. The molecule has 2 atom stereocenters. The Balaban J connectivity index is 3.13. The van der Waals surface area contributed by atoms with Gasteiger partial charge in [-0.1, -0.05) is 24.6 Å². The van der Waals surface area contributed by atoms with Gasteiger partial charge < -0.3 is 10.1 Å². The van der Waals surface area contributed by atoms with Crippen LogP contribution in [-0.2, 0) is 19.6 Å². The molecular weight excluding hydrogens is 316 g/mol. The van der Waals surface area contributed by atoms with Crippen molar-refractivity contribution in [1.29, 1.82) is 0 Å². The predicted octanol–water partition coefficient (Wildman–Crippen LogP) is 1.69. The normalized spacial score (nSPS) is 14.1. The van der Waals surface area contributed by atoms with E-state index in [1.165, 1.54) is 4.31 Å². The first-order chi connectivity index (χ1) is 10.7. The van der Waals surface area contributed by atoms with Gasteiger partial charge >= 0.3 is 0 Å². The number of hydrogen-bond acceptors (Lipinski definition) is 4. The third kappa shape index (κ3) is 5.51. The summed E-state index contributed by atoms with van der Waals surface area (Å²) in [6.07, 6.45) is 1.48. The van der Waals surface area contributed by atoms with Crippen molar-refractivity contribution in [2.24, 2.45) is 0 Å². The molecular formula is C16H26N2O4S. The van der Waals surface area contributed by atoms with Gasteiger partial charge in [-0.15, -0.1) is 0 Å². The quantitative estimate of drug-likeness (QED) is 0.780. The standard InChI is InChI=1S/C16H26N2O4S/c1-6-15(16(19)17-13(3)11-22-4)18(23(5,20)21)14-9-7-12(2)8-10-14/h7-10,13,15H,6,11H2,1-5H3,(H,17,19). The minimum atomic E-state index is -3.59. The molecule has 1 N–H and O–H groups in total. The number of aryl methyl sites for hydroxylation is 1. The van der Waals surface area contributed by atoms with Crippen LogP contribution in [0.25, 0.3) is 0 Å². The predicted molar refractivity (Wildman–Crippen MR) is 92.1 cm³/mol. The van der Waals surface area contributed by atoms with Crippen LogP contribution in [0.4, 0.5) is 5.69 Å². The number of methoxy groups -OCH3 is 1. The molecule has 0 saturated carbocycles. The molecule has 0 spiro atoms. The summed E-state index contributed by atoms with van der Waals surface area (Å²) in [5.41, 5.74) is 1.51. The van der Waals surface area contributed by atoms with E-state index in [4.69, 9.17) is 4.74 Å². The molecule has 1 rings (SSSR count). The molecule has 130 valence electrons. The summed E-state index contributed by atoms with van der Waals surface area (Å²) in [6.45, 7) is 5.89. The molecule has 0 aliphatic carbocycles. The third-order valence-electron chi connectivity index (χ3n) is 3.42. The van der Waals surface area contributed by atoms with E-state index in [0.29, 0.717) is 18.7 Å². The second kappa shape index (κ2) is 8.31. The lowest BCUT2D eigenvalue weighted by Crippen LogP contribution is -2.51. The van der Waals surface area contributed by atoms with Crippen molar-refractivity contribution in [2.45, 2.75) is 39.3 Å². The fourth-order valence-electron chi connectivity index (χ4n) is 2.38. The molecule has 0 heterocycles. The van der Waals surface area contributed by atoms with Crippen LogP contribution in [0.3, 0.4) is 0 Å². The lowest BCUT2D eigenvalue weighted by Gasteiger charge is -2.31. The van der Waals surface area contributed by atoms with E-state index in [9.17, 15) is 13.2 Å². The second-order valence-electron chi connectivity index (χ2n) is 5.68. The van der Waals surface area contributed by atoms with E-state index < -0.39 is 16.1 Å². The average molecular weight is 342 g/mol. The molecule has 0 aromatic heterocycles. The Bertz CT molecular complexity index is 613. The number of benzene rings is 1. The molecule has 23 heavy (non-hydrogen) atoms. The Kier molecular flexibility index (Phi) is 7.02. The molecule has 0 aliphatic rings. The van der Waals surface area contributed by atoms with Crippen LogP contribution in [0.1, 0.15) is 25.8 Å². The summed E-state index contributed by atoms with van der Waals surface area (Å²) < 4.78 is 30.7. The van der Waals surface area contributed by atoms with Gasteiger partial charge in [0.15, 0.2) is 0 Å². The monoisotopic (exact) mass is 342 g/mol. The first kappa shape index (κ1) is 19.4. The van der Waals surface area contributed by atoms with Crippen LogP contribution >= 0.6 is 0 Å². The molecule has 0 saturated heterocycles. The number of nitrogens with one attached hydrogen (secondary N) is 1. The Labute approximate surface area is 138 Å². The van der Waals surface area contributed by atoms with E-state index in [2.05, 4.69) is 5.32 Å². The topological polar surface area (TPSA) is 75.7 Å². The largest absolute Gasteiger partial charge is 0.383 e. The third-order valence-corrected chi connectivity index (χ3v) is 4.60. The van der Waals surface area contributed by atoms with Crippen molar-refractivity contribution in [1.82, 2.24) is 5.32 Å². The number of ether oxygens (including phenoxy) is 1. The number of carbonyl (C=O) groups is 1. The Morgan fingerprint density at radius 2 is 1.87 bits per heavy atom. The van der Waals surface area contributed by atoms with E-state index in [0.717, 1.165) is 11.8 Å². The van der Waals surface area contributed by atoms with Crippen molar-refractivity contribution in [3.05, 3.63) is 29.8 Å². The maximum absolute atomic E-state index is 12.5. The van der Waals surface area contributed by atoms with Crippen LogP contribution in [-0.4, -0.2) is 46.4 Å². The van der Waals surface area contributed by atoms with Gasteiger partial charge in [0.05, 0.1) is 18.6 Å². The summed E-state index contributed by atoms with van der Waals surface area (Å²) in [4.78, 5) is 12.5. The van der Waals surface area contributed by atoms with Crippen LogP contribution in [0, 0.1) is 6.92 Å². The molecule has 2 unspecified atom stereocenters. The molecule has 0 bridgehead atoms. The van der Waals surface area contributed by atoms with Crippen molar-refractivity contribution >= 4 is 21.6 Å². The molecule has 1 aromatic rings. The summed E-state index contributed by atoms with van der Waals surface area (Å²) in [5, 5.41) is 2.80. The molecule has 0 aliphatic heterocycles. The first-order valence-corrected chi connectivity index (χ1v) is 9.40. The highest BCUT2D eigenvalue weighted by atomic mass is 32.2. The van der Waals surface area contributed by atoms with Gasteiger partial charge in [-0.05, 0) is 32.4 Å². The summed E-state index contributed by atoms with van der Waals surface area (Å²) >= 11 is 0. The second-order valence-corrected chi connectivity index (χ2v) is 7.54. The zero-order valence-corrected chi connectivity index (χ0v) is 15.2. The van der Waals surface area contributed by atoms with Crippen molar-refractivity contribution in [2.75, 3.05) is 24.3 Å². The summed E-state index contributed by atoms with van der Waals surface area (Å²) in [6, 6.07) is 6.08. The Morgan fingerprint density at radius 3 is 2.30 bits per heavy atom. The number of sulfonamides is 1. The van der Waals surface area contributed by atoms with Crippen LogP contribution in [0.5, 0.6) is 0 Å². The van der Waals surface area contributed by atoms with E-state index >= 15 is 0 Å². The Morgan fingerprint density at radius 1 is 1.30 bits per heavy atom.